The normalized spacial score (nSPS) is 23.1. The van der Waals surface area contributed by atoms with E-state index in [0.29, 0.717) is 6.54 Å². The van der Waals surface area contributed by atoms with Gasteiger partial charge in [0.25, 0.3) is 5.91 Å². The molecule has 2 heterocycles. The van der Waals surface area contributed by atoms with Crippen molar-refractivity contribution in [3.63, 3.8) is 0 Å². The molecule has 1 amide bonds. The fraction of sp³-hybridized carbons (Fsp3) is 0.588. The minimum absolute atomic E-state index is 0.107. The van der Waals surface area contributed by atoms with E-state index >= 15 is 0 Å². The summed E-state index contributed by atoms with van der Waals surface area (Å²) in [6, 6.07) is 8.19. The number of hydrogen-bond donors (Lipinski definition) is 1. The lowest BCUT2D eigenvalue weighted by Gasteiger charge is -2.35. The van der Waals surface area contributed by atoms with Crippen molar-refractivity contribution < 1.29 is 4.79 Å². The van der Waals surface area contributed by atoms with Gasteiger partial charge in [-0.3, -0.25) is 4.79 Å². The van der Waals surface area contributed by atoms with E-state index < -0.39 is 0 Å². The van der Waals surface area contributed by atoms with Crippen LogP contribution < -0.4 is 10.6 Å². The average molecular weight is 302 g/mol. The van der Waals surface area contributed by atoms with Gasteiger partial charge in [0.1, 0.15) is 0 Å². The van der Waals surface area contributed by atoms with Crippen LogP contribution in [-0.2, 0) is 0 Å². The van der Waals surface area contributed by atoms with Gasteiger partial charge in [0.15, 0.2) is 0 Å². The minimum Gasteiger partial charge on any atom is -0.369 e. The molecule has 1 aromatic rings. The number of nitrogens with zero attached hydrogens (tertiary/aromatic N) is 3. The molecule has 2 fully saturated rings. The Morgan fingerprint density at radius 3 is 2.36 bits per heavy atom. The van der Waals surface area contributed by atoms with Gasteiger partial charge in [0.2, 0.25) is 0 Å². The van der Waals surface area contributed by atoms with E-state index in [0.717, 1.165) is 51.3 Å². The Morgan fingerprint density at radius 2 is 1.82 bits per heavy atom. The van der Waals surface area contributed by atoms with Gasteiger partial charge in [-0.05, 0) is 37.2 Å². The number of benzene rings is 1. The number of amides is 1. The average Bonchev–Trinajstić information content (AvgIpc) is 3.01. The highest BCUT2D eigenvalue weighted by atomic mass is 16.2. The standard InChI is InChI=1S/C17H26N4O/c1-2-19-9-11-20(12-10-19)16-5-3-14(4-6-16)17(22)21-8-7-15(18)13-21/h3-6,15H,2,7-13,18H2,1H3/t15-/m0/s1. The lowest BCUT2D eigenvalue weighted by atomic mass is 10.1. The molecule has 120 valence electrons. The summed E-state index contributed by atoms with van der Waals surface area (Å²) >= 11 is 0. The zero-order chi connectivity index (χ0) is 15.5. The molecule has 0 saturated carbocycles. The van der Waals surface area contributed by atoms with E-state index in [1.54, 1.807) is 0 Å². The number of piperazine rings is 1. The number of likely N-dealkylation sites (tertiary alicyclic amines) is 1. The van der Waals surface area contributed by atoms with E-state index in [2.05, 4.69) is 28.9 Å². The van der Waals surface area contributed by atoms with Gasteiger partial charge in [-0.25, -0.2) is 0 Å². The molecule has 0 unspecified atom stereocenters. The van der Waals surface area contributed by atoms with Gasteiger partial charge in [-0.2, -0.15) is 0 Å². The zero-order valence-electron chi connectivity index (χ0n) is 13.4. The highest BCUT2D eigenvalue weighted by Gasteiger charge is 2.24. The predicted molar refractivity (Wildman–Crippen MR) is 89.3 cm³/mol. The number of anilines is 1. The molecule has 2 saturated heterocycles. The maximum absolute atomic E-state index is 12.4. The van der Waals surface area contributed by atoms with Crippen LogP contribution in [0.1, 0.15) is 23.7 Å². The summed E-state index contributed by atoms with van der Waals surface area (Å²) in [4.78, 5) is 19.1. The van der Waals surface area contributed by atoms with Crippen LogP contribution in [0.4, 0.5) is 5.69 Å². The monoisotopic (exact) mass is 302 g/mol. The molecule has 1 aromatic carbocycles. The molecular weight excluding hydrogens is 276 g/mol. The first-order valence-electron chi connectivity index (χ1n) is 8.29. The highest BCUT2D eigenvalue weighted by Crippen LogP contribution is 2.19. The third kappa shape index (κ3) is 3.25. The van der Waals surface area contributed by atoms with Crippen molar-refractivity contribution in [2.24, 2.45) is 5.73 Å². The van der Waals surface area contributed by atoms with E-state index in [9.17, 15) is 4.79 Å². The molecule has 0 spiro atoms. The van der Waals surface area contributed by atoms with Crippen molar-refractivity contribution in [2.45, 2.75) is 19.4 Å². The summed E-state index contributed by atoms with van der Waals surface area (Å²) in [5.41, 5.74) is 7.86. The number of carbonyl (C=O) groups excluding carboxylic acids is 1. The number of likely N-dealkylation sites (N-methyl/N-ethyl adjacent to an activating group) is 1. The van der Waals surface area contributed by atoms with Gasteiger partial charge >= 0.3 is 0 Å². The molecule has 2 aliphatic heterocycles. The summed E-state index contributed by atoms with van der Waals surface area (Å²) in [5.74, 6) is 0.107. The van der Waals surface area contributed by atoms with Crippen LogP contribution in [0.25, 0.3) is 0 Å². The minimum atomic E-state index is 0.107. The van der Waals surface area contributed by atoms with Crippen molar-refractivity contribution in [3.8, 4) is 0 Å². The third-order valence-corrected chi connectivity index (χ3v) is 4.81. The van der Waals surface area contributed by atoms with E-state index in [1.165, 1.54) is 5.69 Å². The second kappa shape index (κ2) is 6.67. The Hall–Kier alpha value is -1.59. The van der Waals surface area contributed by atoms with Gasteiger partial charge in [0, 0.05) is 56.6 Å². The number of nitrogens with two attached hydrogens (primary N) is 1. The molecule has 0 radical (unpaired) electrons. The second-order valence-electron chi connectivity index (χ2n) is 6.27. The molecule has 5 heteroatoms. The van der Waals surface area contributed by atoms with Crippen molar-refractivity contribution in [3.05, 3.63) is 29.8 Å². The van der Waals surface area contributed by atoms with E-state index in [4.69, 9.17) is 5.73 Å². The molecule has 0 aromatic heterocycles. The number of hydrogen-bond acceptors (Lipinski definition) is 4. The predicted octanol–water partition coefficient (Wildman–Crippen LogP) is 1.00. The Balaban J connectivity index is 1.62. The summed E-state index contributed by atoms with van der Waals surface area (Å²) in [6.45, 7) is 9.13. The molecule has 5 nitrogen and oxygen atoms in total. The quantitative estimate of drug-likeness (QED) is 0.905. The van der Waals surface area contributed by atoms with Gasteiger partial charge in [-0.1, -0.05) is 6.92 Å². The Labute approximate surface area is 132 Å². The molecule has 2 aliphatic rings. The SMILES string of the molecule is CCN1CCN(c2ccc(C(=O)N3CC[C@H](N)C3)cc2)CC1. The van der Waals surface area contributed by atoms with Crippen LogP contribution in [0, 0.1) is 0 Å². The molecular formula is C17H26N4O. The maximum atomic E-state index is 12.4. The summed E-state index contributed by atoms with van der Waals surface area (Å²) < 4.78 is 0. The first-order chi connectivity index (χ1) is 10.7. The fourth-order valence-corrected chi connectivity index (χ4v) is 3.29. The highest BCUT2D eigenvalue weighted by molar-refractivity contribution is 5.94. The Bertz CT molecular complexity index is 508. The Kier molecular flexibility index (Phi) is 4.64. The second-order valence-corrected chi connectivity index (χ2v) is 6.27. The van der Waals surface area contributed by atoms with Crippen molar-refractivity contribution in [1.29, 1.82) is 0 Å². The summed E-state index contributed by atoms with van der Waals surface area (Å²) in [5, 5.41) is 0. The van der Waals surface area contributed by atoms with Gasteiger partial charge < -0.3 is 20.4 Å². The van der Waals surface area contributed by atoms with Crippen LogP contribution in [0.2, 0.25) is 0 Å². The first kappa shape index (κ1) is 15.3. The maximum Gasteiger partial charge on any atom is 0.253 e. The van der Waals surface area contributed by atoms with Crippen molar-refractivity contribution in [2.75, 3.05) is 50.7 Å². The van der Waals surface area contributed by atoms with Crippen molar-refractivity contribution in [1.82, 2.24) is 9.80 Å². The summed E-state index contributed by atoms with van der Waals surface area (Å²) in [7, 11) is 0. The number of carbonyl (C=O) groups is 1. The third-order valence-electron chi connectivity index (χ3n) is 4.81. The van der Waals surface area contributed by atoms with Crippen LogP contribution in [0.15, 0.2) is 24.3 Å². The van der Waals surface area contributed by atoms with E-state index in [-0.39, 0.29) is 11.9 Å². The summed E-state index contributed by atoms with van der Waals surface area (Å²) in [6.07, 6.45) is 0.908. The molecule has 22 heavy (non-hydrogen) atoms. The van der Waals surface area contributed by atoms with Crippen LogP contribution in [0.5, 0.6) is 0 Å². The Morgan fingerprint density at radius 1 is 1.14 bits per heavy atom. The smallest absolute Gasteiger partial charge is 0.253 e. The molecule has 3 rings (SSSR count). The zero-order valence-corrected chi connectivity index (χ0v) is 13.4. The fourth-order valence-electron chi connectivity index (χ4n) is 3.29. The van der Waals surface area contributed by atoms with Gasteiger partial charge in [0.05, 0.1) is 0 Å². The molecule has 1 atom stereocenters. The van der Waals surface area contributed by atoms with E-state index in [1.807, 2.05) is 17.0 Å². The lowest BCUT2D eigenvalue weighted by Crippen LogP contribution is -2.46. The van der Waals surface area contributed by atoms with Crippen LogP contribution >= 0.6 is 0 Å². The lowest BCUT2D eigenvalue weighted by molar-refractivity contribution is 0.0791. The van der Waals surface area contributed by atoms with Crippen LogP contribution in [-0.4, -0.2) is 67.6 Å². The first-order valence-corrected chi connectivity index (χ1v) is 8.29. The molecule has 0 bridgehead atoms. The largest absolute Gasteiger partial charge is 0.369 e. The van der Waals surface area contributed by atoms with Crippen molar-refractivity contribution >= 4 is 11.6 Å². The molecule has 2 N–H and O–H groups in total. The van der Waals surface area contributed by atoms with Gasteiger partial charge in [-0.15, -0.1) is 0 Å². The number of rotatable bonds is 3. The molecule has 0 aliphatic carbocycles. The van der Waals surface area contributed by atoms with Crippen LogP contribution in [0.3, 0.4) is 0 Å². The topological polar surface area (TPSA) is 52.8 Å².